The molecule has 0 saturated heterocycles. The summed E-state index contributed by atoms with van der Waals surface area (Å²) in [6.45, 7) is 4.24. The predicted molar refractivity (Wildman–Crippen MR) is 69.2 cm³/mol. The Bertz CT molecular complexity index is 535. The molecule has 0 bridgehead atoms. The van der Waals surface area contributed by atoms with E-state index in [0.717, 1.165) is 17.5 Å². The largest absolute Gasteiger partial charge is 0.481 e. The molecule has 0 saturated carbocycles. The normalized spacial score (nSPS) is 10.9. The zero-order valence-electron chi connectivity index (χ0n) is 10.8. The molecule has 5 nitrogen and oxygen atoms in total. The van der Waals surface area contributed by atoms with Gasteiger partial charge in [-0.1, -0.05) is 19.0 Å². The van der Waals surface area contributed by atoms with Gasteiger partial charge in [0.1, 0.15) is 5.69 Å². The number of pyridine rings is 1. The molecule has 18 heavy (non-hydrogen) atoms. The number of hydrogen-bond donors (Lipinski definition) is 1. The number of aromatic nitrogens is 2. The van der Waals surface area contributed by atoms with Crippen molar-refractivity contribution < 1.29 is 9.26 Å². The van der Waals surface area contributed by atoms with Crippen molar-refractivity contribution >= 4 is 5.88 Å². The number of hydrogen-bond acceptors (Lipinski definition) is 5. The van der Waals surface area contributed by atoms with Crippen LogP contribution in [0.1, 0.15) is 19.4 Å². The molecule has 0 aliphatic rings. The Morgan fingerprint density at radius 2 is 2.22 bits per heavy atom. The number of nitrogen functional groups attached to an aromatic ring is 1. The van der Waals surface area contributed by atoms with Gasteiger partial charge in [-0.05, 0) is 24.5 Å². The third kappa shape index (κ3) is 2.30. The molecule has 5 heteroatoms. The standard InChI is InChI=1S/C13H17N3O2/c1-8(2)7-10-11(16-18-12(10)14)9-5-4-6-15-13(9)17-3/h4-6,8H,7,14H2,1-3H3. The maximum absolute atomic E-state index is 5.83. The van der Waals surface area contributed by atoms with Crippen LogP contribution in [0.4, 0.5) is 5.88 Å². The molecule has 2 heterocycles. The van der Waals surface area contributed by atoms with Crippen molar-refractivity contribution in [2.24, 2.45) is 5.92 Å². The molecule has 0 amide bonds. The Hall–Kier alpha value is -2.04. The number of methoxy groups -OCH3 is 1. The van der Waals surface area contributed by atoms with E-state index in [1.165, 1.54) is 0 Å². The van der Waals surface area contributed by atoms with Gasteiger partial charge in [-0.3, -0.25) is 0 Å². The summed E-state index contributed by atoms with van der Waals surface area (Å²) >= 11 is 0. The van der Waals surface area contributed by atoms with Crippen molar-refractivity contribution in [1.29, 1.82) is 0 Å². The van der Waals surface area contributed by atoms with Crippen LogP contribution in [0.5, 0.6) is 5.88 Å². The van der Waals surface area contributed by atoms with Gasteiger partial charge < -0.3 is 15.0 Å². The highest BCUT2D eigenvalue weighted by atomic mass is 16.5. The molecule has 0 fully saturated rings. The lowest BCUT2D eigenvalue weighted by Crippen LogP contribution is -1.99. The summed E-state index contributed by atoms with van der Waals surface area (Å²) in [5, 5.41) is 4.03. The number of anilines is 1. The van der Waals surface area contributed by atoms with E-state index in [4.69, 9.17) is 15.0 Å². The first-order valence-electron chi connectivity index (χ1n) is 5.87. The van der Waals surface area contributed by atoms with Crippen LogP contribution in [-0.2, 0) is 6.42 Å². The van der Waals surface area contributed by atoms with E-state index in [1.807, 2.05) is 12.1 Å². The number of nitrogens with two attached hydrogens (primary N) is 1. The van der Waals surface area contributed by atoms with Crippen LogP contribution in [0, 0.1) is 5.92 Å². The van der Waals surface area contributed by atoms with Gasteiger partial charge in [-0.2, -0.15) is 0 Å². The van der Waals surface area contributed by atoms with Crippen LogP contribution in [0.2, 0.25) is 0 Å². The molecule has 0 radical (unpaired) electrons. The van der Waals surface area contributed by atoms with Crippen molar-refractivity contribution in [3.63, 3.8) is 0 Å². The van der Waals surface area contributed by atoms with Crippen LogP contribution in [-0.4, -0.2) is 17.3 Å². The third-order valence-corrected chi connectivity index (χ3v) is 2.65. The summed E-state index contributed by atoms with van der Waals surface area (Å²) in [6, 6.07) is 3.73. The minimum atomic E-state index is 0.365. The molecule has 2 rings (SSSR count). The number of rotatable bonds is 4. The quantitative estimate of drug-likeness (QED) is 0.898. The maximum Gasteiger partial charge on any atom is 0.225 e. The third-order valence-electron chi connectivity index (χ3n) is 2.65. The van der Waals surface area contributed by atoms with E-state index in [9.17, 15) is 0 Å². The minimum Gasteiger partial charge on any atom is -0.481 e. The zero-order chi connectivity index (χ0) is 13.1. The summed E-state index contributed by atoms with van der Waals surface area (Å²) in [7, 11) is 1.58. The highest BCUT2D eigenvalue weighted by Gasteiger charge is 2.19. The lowest BCUT2D eigenvalue weighted by molar-refractivity contribution is 0.398. The molecule has 0 spiro atoms. The van der Waals surface area contributed by atoms with Crippen molar-refractivity contribution in [2.45, 2.75) is 20.3 Å². The highest BCUT2D eigenvalue weighted by molar-refractivity contribution is 5.71. The Morgan fingerprint density at radius 1 is 1.44 bits per heavy atom. The highest BCUT2D eigenvalue weighted by Crippen LogP contribution is 2.33. The zero-order valence-corrected chi connectivity index (χ0v) is 10.8. The smallest absolute Gasteiger partial charge is 0.225 e. The van der Waals surface area contributed by atoms with Gasteiger partial charge in [0.25, 0.3) is 0 Å². The Kier molecular flexibility index (Phi) is 3.50. The Morgan fingerprint density at radius 3 is 2.89 bits per heavy atom. The van der Waals surface area contributed by atoms with Crippen molar-refractivity contribution in [3.05, 3.63) is 23.9 Å². The fourth-order valence-electron chi connectivity index (χ4n) is 1.87. The molecule has 2 N–H and O–H groups in total. The summed E-state index contributed by atoms with van der Waals surface area (Å²) < 4.78 is 10.3. The SMILES string of the molecule is COc1ncccc1-c1noc(N)c1CC(C)C. The van der Waals surface area contributed by atoms with Crippen LogP contribution >= 0.6 is 0 Å². The molecule has 2 aromatic rings. The number of nitrogens with zero attached hydrogens (tertiary/aromatic N) is 2. The molecular formula is C13H17N3O2. The fraction of sp³-hybridized carbons (Fsp3) is 0.385. The monoisotopic (exact) mass is 247 g/mol. The van der Waals surface area contributed by atoms with Gasteiger partial charge in [0.05, 0.1) is 12.7 Å². The molecule has 0 aliphatic heterocycles. The first-order chi connectivity index (χ1) is 8.63. The maximum atomic E-state index is 5.83. The Balaban J connectivity index is 2.50. The van der Waals surface area contributed by atoms with Gasteiger partial charge in [0.15, 0.2) is 0 Å². The van der Waals surface area contributed by atoms with E-state index in [2.05, 4.69) is 24.0 Å². The van der Waals surface area contributed by atoms with Gasteiger partial charge in [0.2, 0.25) is 11.8 Å². The average molecular weight is 247 g/mol. The van der Waals surface area contributed by atoms with Gasteiger partial charge in [-0.25, -0.2) is 4.98 Å². The van der Waals surface area contributed by atoms with Gasteiger partial charge in [-0.15, -0.1) is 0 Å². The summed E-state index contributed by atoms with van der Waals surface area (Å²) in [4.78, 5) is 4.16. The van der Waals surface area contributed by atoms with Crippen molar-refractivity contribution in [2.75, 3.05) is 12.8 Å². The van der Waals surface area contributed by atoms with E-state index < -0.39 is 0 Å². The lowest BCUT2D eigenvalue weighted by atomic mass is 10.00. The first kappa shape index (κ1) is 12.4. The van der Waals surface area contributed by atoms with Crippen LogP contribution in [0.15, 0.2) is 22.9 Å². The predicted octanol–water partition coefficient (Wildman–Crippen LogP) is 2.53. The first-order valence-corrected chi connectivity index (χ1v) is 5.87. The topological polar surface area (TPSA) is 74.2 Å². The van der Waals surface area contributed by atoms with Crippen LogP contribution in [0.25, 0.3) is 11.3 Å². The molecule has 0 atom stereocenters. The second-order valence-electron chi connectivity index (χ2n) is 4.53. The second kappa shape index (κ2) is 5.08. The molecule has 0 aliphatic carbocycles. The van der Waals surface area contributed by atoms with Gasteiger partial charge in [0, 0.05) is 11.8 Å². The van der Waals surface area contributed by atoms with E-state index in [-0.39, 0.29) is 0 Å². The fourth-order valence-corrected chi connectivity index (χ4v) is 1.87. The summed E-state index contributed by atoms with van der Waals surface area (Å²) in [5.41, 5.74) is 8.26. The van der Waals surface area contributed by atoms with E-state index in [1.54, 1.807) is 13.3 Å². The molecule has 2 aromatic heterocycles. The number of ether oxygens (including phenoxy) is 1. The van der Waals surface area contributed by atoms with Crippen molar-refractivity contribution in [3.8, 4) is 17.1 Å². The second-order valence-corrected chi connectivity index (χ2v) is 4.53. The summed E-state index contributed by atoms with van der Waals surface area (Å²) in [6.07, 6.45) is 2.48. The lowest BCUT2D eigenvalue weighted by Gasteiger charge is -2.07. The summed E-state index contributed by atoms with van der Waals surface area (Å²) in [5.74, 6) is 1.36. The van der Waals surface area contributed by atoms with E-state index in [0.29, 0.717) is 23.4 Å². The van der Waals surface area contributed by atoms with Crippen LogP contribution < -0.4 is 10.5 Å². The minimum absolute atomic E-state index is 0.365. The van der Waals surface area contributed by atoms with Gasteiger partial charge >= 0.3 is 0 Å². The average Bonchev–Trinajstić information content (AvgIpc) is 2.70. The molecule has 0 unspecified atom stereocenters. The molecular weight excluding hydrogens is 230 g/mol. The molecule has 0 aromatic carbocycles. The van der Waals surface area contributed by atoms with E-state index >= 15 is 0 Å². The molecule has 96 valence electrons. The van der Waals surface area contributed by atoms with Crippen molar-refractivity contribution in [1.82, 2.24) is 10.1 Å². The van der Waals surface area contributed by atoms with Crippen LogP contribution in [0.3, 0.4) is 0 Å². The Labute approximate surface area is 106 Å².